The van der Waals surface area contributed by atoms with Gasteiger partial charge in [-0.15, -0.1) is 0 Å². The summed E-state index contributed by atoms with van der Waals surface area (Å²) >= 11 is 12.0. The molecule has 136 valence electrons. The standard InChI is InChI=1S/C18H17Cl2N3O3/c1-2-21-17(24)18(25)23-22-10-12-3-7-15(8-4-12)26-11-13-5-6-14(19)9-16(13)20/h3-10H,2,11H2,1H3,(H,21,24)(H,23,25)/b22-10-. The second-order valence-corrected chi connectivity index (χ2v) is 6.00. The Morgan fingerprint density at radius 3 is 2.50 bits per heavy atom. The summed E-state index contributed by atoms with van der Waals surface area (Å²) in [6.07, 6.45) is 1.43. The van der Waals surface area contributed by atoms with Crippen molar-refractivity contribution in [2.45, 2.75) is 13.5 Å². The Hall–Kier alpha value is -2.57. The zero-order valence-corrected chi connectivity index (χ0v) is 15.5. The number of carbonyl (C=O) groups excluding carboxylic acids is 2. The van der Waals surface area contributed by atoms with Crippen LogP contribution in [0.25, 0.3) is 0 Å². The van der Waals surface area contributed by atoms with E-state index in [1.807, 2.05) is 6.07 Å². The molecular weight excluding hydrogens is 377 g/mol. The first kappa shape index (κ1) is 19.8. The molecule has 0 fully saturated rings. The van der Waals surface area contributed by atoms with Crippen LogP contribution in [0.2, 0.25) is 10.0 Å². The Morgan fingerprint density at radius 2 is 1.85 bits per heavy atom. The van der Waals surface area contributed by atoms with E-state index in [0.29, 0.717) is 28.9 Å². The molecule has 2 rings (SSSR count). The fraction of sp³-hybridized carbons (Fsp3) is 0.167. The van der Waals surface area contributed by atoms with Gasteiger partial charge in [-0.2, -0.15) is 5.10 Å². The van der Waals surface area contributed by atoms with Gasteiger partial charge in [-0.25, -0.2) is 5.43 Å². The van der Waals surface area contributed by atoms with Gasteiger partial charge >= 0.3 is 11.8 Å². The lowest BCUT2D eigenvalue weighted by Gasteiger charge is -2.08. The fourth-order valence-corrected chi connectivity index (χ4v) is 2.37. The maximum atomic E-state index is 11.4. The molecule has 0 radical (unpaired) electrons. The molecule has 2 aromatic carbocycles. The van der Waals surface area contributed by atoms with E-state index in [-0.39, 0.29) is 0 Å². The second-order valence-electron chi connectivity index (χ2n) is 5.15. The van der Waals surface area contributed by atoms with E-state index in [1.54, 1.807) is 43.3 Å². The zero-order chi connectivity index (χ0) is 18.9. The molecule has 2 N–H and O–H groups in total. The van der Waals surface area contributed by atoms with Crippen molar-refractivity contribution in [2.75, 3.05) is 6.54 Å². The van der Waals surface area contributed by atoms with Gasteiger partial charge in [-0.1, -0.05) is 29.3 Å². The molecule has 0 unspecified atom stereocenters. The van der Waals surface area contributed by atoms with Crippen LogP contribution < -0.4 is 15.5 Å². The van der Waals surface area contributed by atoms with Crippen LogP contribution >= 0.6 is 23.2 Å². The van der Waals surface area contributed by atoms with Crippen molar-refractivity contribution in [1.82, 2.24) is 10.7 Å². The summed E-state index contributed by atoms with van der Waals surface area (Å²) in [6.45, 7) is 2.41. The number of hydrogen-bond acceptors (Lipinski definition) is 4. The third kappa shape index (κ3) is 6.06. The van der Waals surface area contributed by atoms with Crippen LogP contribution in [0.1, 0.15) is 18.1 Å². The van der Waals surface area contributed by atoms with E-state index in [9.17, 15) is 9.59 Å². The van der Waals surface area contributed by atoms with Crippen LogP contribution in [0.15, 0.2) is 47.6 Å². The molecule has 0 saturated heterocycles. The first-order valence-corrected chi connectivity index (χ1v) is 8.53. The summed E-state index contributed by atoms with van der Waals surface area (Å²) in [5.74, 6) is -0.892. The number of amides is 2. The average Bonchev–Trinajstić information content (AvgIpc) is 2.62. The lowest BCUT2D eigenvalue weighted by molar-refractivity contribution is -0.139. The lowest BCUT2D eigenvalue weighted by atomic mass is 10.2. The third-order valence-electron chi connectivity index (χ3n) is 3.21. The highest BCUT2D eigenvalue weighted by Gasteiger charge is 2.10. The summed E-state index contributed by atoms with van der Waals surface area (Å²) in [7, 11) is 0. The predicted octanol–water partition coefficient (Wildman–Crippen LogP) is 3.16. The van der Waals surface area contributed by atoms with E-state index in [4.69, 9.17) is 27.9 Å². The maximum absolute atomic E-state index is 11.4. The monoisotopic (exact) mass is 393 g/mol. The largest absolute Gasteiger partial charge is 0.489 e. The number of rotatable bonds is 6. The highest BCUT2D eigenvalue weighted by atomic mass is 35.5. The normalized spacial score (nSPS) is 10.6. The number of hydrazone groups is 1. The average molecular weight is 394 g/mol. The van der Waals surface area contributed by atoms with E-state index < -0.39 is 11.8 Å². The predicted molar refractivity (Wildman–Crippen MR) is 102 cm³/mol. The molecule has 0 saturated carbocycles. The molecule has 0 aliphatic carbocycles. The van der Waals surface area contributed by atoms with Crippen LogP contribution in [0.4, 0.5) is 0 Å². The van der Waals surface area contributed by atoms with Crippen LogP contribution in [-0.4, -0.2) is 24.6 Å². The molecule has 0 aliphatic rings. The Morgan fingerprint density at radius 1 is 1.12 bits per heavy atom. The molecule has 2 amide bonds. The number of hydrogen-bond donors (Lipinski definition) is 2. The van der Waals surface area contributed by atoms with E-state index >= 15 is 0 Å². The highest BCUT2D eigenvalue weighted by molar-refractivity contribution is 6.35. The SMILES string of the molecule is CCNC(=O)C(=O)N/N=C\c1ccc(OCc2ccc(Cl)cc2Cl)cc1. The summed E-state index contributed by atoms with van der Waals surface area (Å²) in [6, 6.07) is 12.3. The number of benzene rings is 2. The molecule has 0 atom stereocenters. The molecule has 0 heterocycles. The molecule has 26 heavy (non-hydrogen) atoms. The van der Waals surface area contributed by atoms with Gasteiger partial charge in [0, 0.05) is 22.2 Å². The van der Waals surface area contributed by atoms with Crippen molar-refractivity contribution < 1.29 is 14.3 Å². The van der Waals surface area contributed by atoms with E-state index in [0.717, 1.165) is 11.1 Å². The Bertz CT molecular complexity index is 808. The van der Waals surface area contributed by atoms with Crippen molar-refractivity contribution >= 4 is 41.2 Å². The number of nitrogens with zero attached hydrogens (tertiary/aromatic N) is 1. The Balaban J connectivity index is 1.86. The van der Waals surface area contributed by atoms with Crippen LogP contribution in [0.5, 0.6) is 5.75 Å². The molecular formula is C18H17Cl2N3O3. The van der Waals surface area contributed by atoms with Crippen molar-refractivity contribution in [3.05, 3.63) is 63.6 Å². The minimum Gasteiger partial charge on any atom is -0.489 e. The second kappa shape index (κ2) is 9.79. The van der Waals surface area contributed by atoms with E-state index in [2.05, 4.69) is 15.8 Å². The van der Waals surface area contributed by atoms with Gasteiger partial charge in [0.15, 0.2) is 0 Å². The smallest absolute Gasteiger partial charge is 0.329 e. The lowest BCUT2D eigenvalue weighted by Crippen LogP contribution is -2.37. The number of likely N-dealkylation sites (N-methyl/N-ethyl adjacent to an activating group) is 1. The van der Waals surface area contributed by atoms with E-state index in [1.165, 1.54) is 6.21 Å². The van der Waals surface area contributed by atoms with Gasteiger partial charge in [0.05, 0.1) is 6.21 Å². The number of ether oxygens (including phenoxy) is 1. The summed E-state index contributed by atoms with van der Waals surface area (Å²) < 4.78 is 5.67. The molecule has 0 bridgehead atoms. The minimum atomic E-state index is -0.817. The maximum Gasteiger partial charge on any atom is 0.329 e. The molecule has 8 heteroatoms. The quantitative estimate of drug-likeness (QED) is 0.449. The zero-order valence-electron chi connectivity index (χ0n) is 14.0. The number of nitrogens with one attached hydrogen (secondary N) is 2. The highest BCUT2D eigenvalue weighted by Crippen LogP contribution is 2.22. The van der Waals surface area contributed by atoms with Crippen molar-refractivity contribution in [2.24, 2.45) is 5.10 Å². The number of carbonyl (C=O) groups is 2. The van der Waals surface area contributed by atoms with Crippen LogP contribution in [-0.2, 0) is 16.2 Å². The Labute approximate surface area is 161 Å². The van der Waals surface area contributed by atoms with Gasteiger partial charge in [-0.05, 0) is 48.9 Å². The third-order valence-corrected chi connectivity index (χ3v) is 3.80. The Kier molecular flexibility index (Phi) is 7.44. The topological polar surface area (TPSA) is 79.8 Å². The van der Waals surface area contributed by atoms with Gasteiger partial charge in [0.25, 0.3) is 0 Å². The molecule has 0 spiro atoms. The first-order valence-electron chi connectivity index (χ1n) is 7.77. The molecule has 2 aromatic rings. The summed E-state index contributed by atoms with van der Waals surface area (Å²) in [4.78, 5) is 22.6. The van der Waals surface area contributed by atoms with Gasteiger partial charge in [-0.3, -0.25) is 9.59 Å². The first-order chi connectivity index (χ1) is 12.5. The van der Waals surface area contributed by atoms with Crippen LogP contribution in [0, 0.1) is 0 Å². The molecule has 0 aliphatic heterocycles. The fourth-order valence-electron chi connectivity index (χ4n) is 1.91. The molecule has 6 nitrogen and oxygen atoms in total. The van der Waals surface area contributed by atoms with Gasteiger partial charge in [0.1, 0.15) is 12.4 Å². The van der Waals surface area contributed by atoms with Crippen molar-refractivity contribution in [1.29, 1.82) is 0 Å². The van der Waals surface area contributed by atoms with Gasteiger partial charge < -0.3 is 10.1 Å². The van der Waals surface area contributed by atoms with Crippen LogP contribution in [0.3, 0.4) is 0 Å². The van der Waals surface area contributed by atoms with Gasteiger partial charge in [0.2, 0.25) is 0 Å². The minimum absolute atomic E-state index is 0.312. The van der Waals surface area contributed by atoms with Crippen molar-refractivity contribution in [3.63, 3.8) is 0 Å². The molecule has 0 aromatic heterocycles. The summed E-state index contributed by atoms with van der Waals surface area (Å²) in [5.41, 5.74) is 3.71. The van der Waals surface area contributed by atoms with Crippen molar-refractivity contribution in [3.8, 4) is 5.75 Å². The number of halogens is 2. The summed E-state index contributed by atoms with van der Waals surface area (Å²) in [5, 5.41) is 7.23.